The first-order chi connectivity index (χ1) is 6.29. The molecule has 1 N–H and O–H groups in total. The highest BCUT2D eigenvalue weighted by Gasteiger charge is 2.15. The lowest BCUT2D eigenvalue weighted by atomic mass is 10.2. The van der Waals surface area contributed by atoms with Crippen LogP contribution in [0.2, 0.25) is 0 Å². The van der Waals surface area contributed by atoms with Crippen molar-refractivity contribution in [3.63, 3.8) is 0 Å². The maximum atomic E-state index is 5.04. The molecule has 2 heterocycles. The van der Waals surface area contributed by atoms with Crippen molar-refractivity contribution < 1.29 is 4.74 Å². The van der Waals surface area contributed by atoms with Crippen molar-refractivity contribution in [2.24, 2.45) is 0 Å². The lowest BCUT2D eigenvalue weighted by molar-refractivity contribution is 0.180. The van der Waals surface area contributed by atoms with E-state index in [2.05, 4.69) is 28.1 Å². The van der Waals surface area contributed by atoms with Crippen molar-refractivity contribution in [2.45, 2.75) is 32.7 Å². The van der Waals surface area contributed by atoms with Gasteiger partial charge in [0.05, 0.1) is 24.5 Å². The number of hydrogen-bond donors (Lipinski definition) is 1. The lowest BCUT2D eigenvalue weighted by Crippen LogP contribution is -2.36. The minimum atomic E-state index is 0.516. The van der Waals surface area contributed by atoms with E-state index in [9.17, 15) is 0 Å². The van der Waals surface area contributed by atoms with Crippen LogP contribution in [0.5, 0.6) is 0 Å². The topological polar surface area (TPSA) is 39.1 Å². The Labute approximate surface area is 77.9 Å². The molecule has 0 radical (unpaired) electrons. The van der Waals surface area contributed by atoms with E-state index in [0.717, 1.165) is 18.8 Å². The zero-order valence-corrected chi connectivity index (χ0v) is 8.08. The van der Waals surface area contributed by atoms with Crippen LogP contribution in [0.3, 0.4) is 0 Å². The molecule has 1 atom stereocenters. The number of fused-ring (bicyclic) bond motifs is 1. The minimum absolute atomic E-state index is 0.516. The lowest BCUT2D eigenvalue weighted by Gasteiger charge is -2.21. The highest BCUT2D eigenvalue weighted by Crippen LogP contribution is 2.10. The quantitative estimate of drug-likeness (QED) is 0.723. The summed E-state index contributed by atoms with van der Waals surface area (Å²) in [5, 5.41) is 7.83. The summed E-state index contributed by atoms with van der Waals surface area (Å²) in [6.45, 7) is 4.64. The Morgan fingerprint density at radius 3 is 3.38 bits per heavy atom. The molecule has 0 fully saturated rings. The Morgan fingerprint density at radius 1 is 1.77 bits per heavy atom. The molecule has 0 aliphatic carbocycles. The zero-order chi connectivity index (χ0) is 9.26. The van der Waals surface area contributed by atoms with E-state index < -0.39 is 0 Å². The molecule has 1 aliphatic rings. The summed E-state index contributed by atoms with van der Waals surface area (Å²) in [6.07, 6.45) is 0. The highest BCUT2D eigenvalue weighted by atomic mass is 16.5. The van der Waals surface area contributed by atoms with Gasteiger partial charge in [-0.3, -0.25) is 4.68 Å². The van der Waals surface area contributed by atoms with E-state index in [1.807, 2.05) is 0 Å². The van der Waals surface area contributed by atoms with Crippen LogP contribution < -0.4 is 5.32 Å². The number of nitrogens with one attached hydrogen (secondary N) is 1. The van der Waals surface area contributed by atoms with Crippen LogP contribution in [-0.4, -0.2) is 22.9 Å². The second-order valence-electron chi connectivity index (χ2n) is 3.52. The molecule has 13 heavy (non-hydrogen) atoms. The van der Waals surface area contributed by atoms with Crippen molar-refractivity contribution in [1.29, 1.82) is 0 Å². The van der Waals surface area contributed by atoms with E-state index in [4.69, 9.17) is 4.74 Å². The zero-order valence-electron chi connectivity index (χ0n) is 8.08. The normalized spacial score (nSPS) is 21.5. The smallest absolute Gasteiger partial charge is 0.0902 e. The summed E-state index contributed by atoms with van der Waals surface area (Å²) in [5.41, 5.74) is 2.28. The van der Waals surface area contributed by atoms with Crippen LogP contribution in [0, 0.1) is 0 Å². The molecule has 2 rings (SSSR count). The molecule has 1 aliphatic heterocycles. The average molecular weight is 181 g/mol. The highest BCUT2D eigenvalue weighted by molar-refractivity contribution is 5.11. The molecule has 0 bridgehead atoms. The molecule has 4 nitrogen and oxygen atoms in total. The molecule has 1 aromatic heterocycles. The summed E-state index contributed by atoms with van der Waals surface area (Å²) in [7, 11) is 1.69. The van der Waals surface area contributed by atoms with E-state index in [-0.39, 0.29) is 0 Å². The van der Waals surface area contributed by atoms with Crippen molar-refractivity contribution in [3.8, 4) is 0 Å². The number of nitrogens with zero attached hydrogens (tertiary/aromatic N) is 2. The van der Waals surface area contributed by atoms with Gasteiger partial charge in [0.25, 0.3) is 0 Å². The molecule has 0 unspecified atom stereocenters. The van der Waals surface area contributed by atoms with Crippen molar-refractivity contribution >= 4 is 0 Å². The van der Waals surface area contributed by atoms with Gasteiger partial charge in [-0.25, -0.2) is 0 Å². The van der Waals surface area contributed by atoms with Gasteiger partial charge >= 0.3 is 0 Å². The molecule has 1 aromatic rings. The number of ether oxygens (including phenoxy) is 1. The van der Waals surface area contributed by atoms with Crippen LogP contribution in [0.4, 0.5) is 0 Å². The van der Waals surface area contributed by atoms with Crippen LogP contribution in [0.1, 0.15) is 18.3 Å². The van der Waals surface area contributed by atoms with Gasteiger partial charge in [0.15, 0.2) is 0 Å². The maximum absolute atomic E-state index is 5.04. The summed E-state index contributed by atoms with van der Waals surface area (Å²) >= 11 is 0. The third-order valence-electron chi connectivity index (χ3n) is 2.28. The third-order valence-corrected chi connectivity index (χ3v) is 2.28. The summed E-state index contributed by atoms with van der Waals surface area (Å²) < 4.78 is 7.10. The van der Waals surface area contributed by atoms with E-state index >= 15 is 0 Å². The van der Waals surface area contributed by atoms with Crippen LogP contribution in [0.25, 0.3) is 0 Å². The molecule has 0 saturated carbocycles. The number of methoxy groups -OCH3 is 1. The Morgan fingerprint density at radius 2 is 2.62 bits per heavy atom. The maximum Gasteiger partial charge on any atom is 0.0902 e. The standard InChI is InChI=1S/C9H15N3O/c1-7-5-12-9(4-10-7)3-8(11-12)6-13-2/h3,7,10H,4-6H2,1-2H3/t7-/m0/s1. The summed E-state index contributed by atoms with van der Waals surface area (Å²) in [4.78, 5) is 0. The van der Waals surface area contributed by atoms with E-state index in [0.29, 0.717) is 12.6 Å². The Hall–Kier alpha value is -0.870. The first kappa shape index (κ1) is 8.72. The SMILES string of the molecule is COCc1cc2n(n1)C[C@H](C)NC2. The first-order valence-electron chi connectivity index (χ1n) is 4.57. The first-order valence-corrected chi connectivity index (χ1v) is 4.57. The van der Waals surface area contributed by atoms with Crippen molar-refractivity contribution in [1.82, 2.24) is 15.1 Å². The molecule has 0 amide bonds. The monoisotopic (exact) mass is 181 g/mol. The van der Waals surface area contributed by atoms with Gasteiger partial charge in [-0.2, -0.15) is 5.10 Å². The minimum Gasteiger partial charge on any atom is -0.378 e. The summed E-state index contributed by atoms with van der Waals surface area (Å²) in [5.74, 6) is 0. The Balaban J connectivity index is 2.18. The van der Waals surface area contributed by atoms with Crippen molar-refractivity contribution in [2.75, 3.05) is 7.11 Å². The van der Waals surface area contributed by atoms with Crippen LogP contribution in [0.15, 0.2) is 6.07 Å². The molecule has 4 heteroatoms. The van der Waals surface area contributed by atoms with E-state index in [1.54, 1.807) is 7.11 Å². The molecule has 72 valence electrons. The number of aromatic nitrogens is 2. The van der Waals surface area contributed by atoms with Crippen LogP contribution >= 0.6 is 0 Å². The Bertz CT molecular complexity index is 295. The van der Waals surface area contributed by atoms with Gasteiger partial charge in [-0.1, -0.05) is 0 Å². The second kappa shape index (κ2) is 3.47. The molecular formula is C9H15N3O. The number of hydrogen-bond acceptors (Lipinski definition) is 3. The van der Waals surface area contributed by atoms with Gasteiger partial charge in [0.2, 0.25) is 0 Å². The fourth-order valence-electron chi connectivity index (χ4n) is 1.64. The second-order valence-corrected chi connectivity index (χ2v) is 3.52. The predicted octanol–water partition coefficient (Wildman–Crippen LogP) is 0.521. The van der Waals surface area contributed by atoms with Crippen LogP contribution in [-0.2, 0) is 24.4 Å². The van der Waals surface area contributed by atoms with Gasteiger partial charge < -0.3 is 10.1 Å². The summed E-state index contributed by atoms with van der Waals surface area (Å²) in [6, 6.07) is 2.62. The molecule has 0 aromatic carbocycles. The van der Waals surface area contributed by atoms with Gasteiger partial charge in [-0.05, 0) is 13.0 Å². The number of rotatable bonds is 2. The molecule has 0 saturated heterocycles. The van der Waals surface area contributed by atoms with Gasteiger partial charge in [-0.15, -0.1) is 0 Å². The fraction of sp³-hybridized carbons (Fsp3) is 0.667. The molecule has 0 spiro atoms. The molecular weight excluding hydrogens is 166 g/mol. The largest absolute Gasteiger partial charge is 0.378 e. The van der Waals surface area contributed by atoms with E-state index in [1.165, 1.54) is 5.69 Å². The predicted molar refractivity (Wildman–Crippen MR) is 49.2 cm³/mol. The Kier molecular flexibility index (Phi) is 2.33. The fourth-order valence-corrected chi connectivity index (χ4v) is 1.64. The average Bonchev–Trinajstić information content (AvgIpc) is 2.46. The van der Waals surface area contributed by atoms with Crippen molar-refractivity contribution in [3.05, 3.63) is 17.5 Å². The third kappa shape index (κ3) is 1.73. The van der Waals surface area contributed by atoms with Gasteiger partial charge in [0.1, 0.15) is 0 Å². The van der Waals surface area contributed by atoms with Gasteiger partial charge in [0, 0.05) is 19.7 Å².